The van der Waals surface area contributed by atoms with E-state index in [-0.39, 0.29) is 0 Å². The lowest BCUT2D eigenvalue weighted by Gasteiger charge is -2.39. The molecule has 3 nitrogen and oxygen atoms in total. The van der Waals surface area contributed by atoms with Gasteiger partial charge in [-0.05, 0) is 71.3 Å². The first-order valence-corrected chi connectivity index (χ1v) is 13.3. The van der Waals surface area contributed by atoms with Crippen LogP contribution in [0, 0.1) is 5.92 Å². The minimum atomic E-state index is 0.307. The summed E-state index contributed by atoms with van der Waals surface area (Å²) in [5.74, 6) is 1.16. The van der Waals surface area contributed by atoms with Crippen LogP contribution in [0.15, 0.2) is 97.1 Å². The Morgan fingerprint density at radius 3 is 2.36 bits per heavy atom. The van der Waals surface area contributed by atoms with E-state index in [2.05, 4.69) is 133 Å². The van der Waals surface area contributed by atoms with Crippen LogP contribution in [0.5, 0.6) is 0 Å². The predicted molar refractivity (Wildman–Crippen MR) is 154 cm³/mol. The molecule has 4 aromatic carbocycles. The van der Waals surface area contributed by atoms with E-state index in [1.165, 1.54) is 39.6 Å². The van der Waals surface area contributed by atoms with Crippen molar-refractivity contribution in [1.29, 1.82) is 0 Å². The van der Waals surface area contributed by atoms with Gasteiger partial charge in [-0.2, -0.15) is 0 Å². The third-order valence-electron chi connectivity index (χ3n) is 7.88. The van der Waals surface area contributed by atoms with Gasteiger partial charge in [-0.3, -0.25) is 4.90 Å². The molecule has 0 radical (unpaired) electrons. The Balaban J connectivity index is 1.30. The van der Waals surface area contributed by atoms with Crippen LogP contribution in [-0.4, -0.2) is 38.6 Å². The third-order valence-corrected chi connectivity index (χ3v) is 7.88. The Bertz CT molecular complexity index is 1240. The highest BCUT2D eigenvalue weighted by Crippen LogP contribution is 2.34. The number of benzene rings is 4. The number of rotatable bonds is 8. The Morgan fingerprint density at radius 2 is 1.58 bits per heavy atom. The highest BCUT2D eigenvalue weighted by Gasteiger charge is 2.30. The summed E-state index contributed by atoms with van der Waals surface area (Å²) in [7, 11) is 4.19. The second-order valence-electron chi connectivity index (χ2n) is 10.6. The number of anilines is 1. The molecule has 0 aliphatic carbocycles. The summed E-state index contributed by atoms with van der Waals surface area (Å²) in [5, 5.41) is 6.60. The summed E-state index contributed by atoms with van der Waals surface area (Å²) < 4.78 is 0. The lowest BCUT2D eigenvalue weighted by Crippen LogP contribution is -2.43. The van der Waals surface area contributed by atoms with Crippen LogP contribution in [0.3, 0.4) is 0 Å². The van der Waals surface area contributed by atoms with Gasteiger partial charge >= 0.3 is 0 Å². The van der Waals surface area contributed by atoms with E-state index in [4.69, 9.17) is 0 Å². The van der Waals surface area contributed by atoms with Gasteiger partial charge in [0.15, 0.2) is 0 Å². The van der Waals surface area contributed by atoms with Crippen LogP contribution in [0.25, 0.3) is 10.8 Å². The zero-order valence-corrected chi connectivity index (χ0v) is 21.9. The Morgan fingerprint density at radius 1 is 0.861 bits per heavy atom. The number of piperidine rings is 1. The molecule has 186 valence electrons. The van der Waals surface area contributed by atoms with Gasteiger partial charge in [0.25, 0.3) is 0 Å². The summed E-state index contributed by atoms with van der Waals surface area (Å²) in [6.45, 7) is 6.60. The molecule has 0 spiro atoms. The van der Waals surface area contributed by atoms with Crippen molar-refractivity contribution in [3.8, 4) is 0 Å². The van der Waals surface area contributed by atoms with Crippen molar-refractivity contribution in [3.63, 3.8) is 0 Å². The van der Waals surface area contributed by atoms with Gasteiger partial charge in [0, 0.05) is 45.5 Å². The molecule has 5 rings (SSSR count). The summed E-state index contributed by atoms with van der Waals surface area (Å²) in [4.78, 5) is 4.81. The highest BCUT2D eigenvalue weighted by molar-refractivity contribution is 5.86. The predicted octanol–water partition coefficient (Wildman–Crippen LogP) is 6.86. The second kappa shape index (κ2) is 11.3. The zero-order valence-electron chi connectivity index (χ0n) is 21.9. The minimum Gasteiger partial charge on any atom is -0.378 e. The van der Waals surface area contributed by atoms with Gasteiger partial charge in [0.05, 0.1) is 0 Å². The summed E-state index contributed by atoms with van der Waals surface area (Å²) in [5.41, 5.74) is 5.52. The van der Waals surface area contributed by atoms with Gasteiger partial charge < -0.3 is 10.2 Å². The quantitative estimate of drug-likeness (QED) is 0.299. The number of hydrogen-bond donors (Lipinski definition) is 1. The Hall–Kier alpha value is -3.14. The number of hydrogen-bond acceptors (Lipinski definition) is 3. The molecule has 0 amide bonds. The lowest BCUT2D eigenvalue weighted by atomic mass is 9.80. The van der Waals surface area contributed by atoms with Crippen LogP contribution in [0.2, 0.25) is 0 Å². The third kappa shape index (κ3) is 5.64. The second-order valence-corrected chi connectivity index (χ2v) is 10.6. The van der Waals surface area contributed by atoms with Crippen LogP contribution >= 0.6 is 0 Å². The first kappa shape index (κ1) is 24.5. The highest BCUT2D eigenvalue weighted by atomic mass is 15.1. The van der Waals surface area contributed by atoms with Gasteiger partial charge in [-0.1, -0.05) is 84.9 Å². The average Bonchev–Trinajstić information content (AvgIpc) is 2.92. The van der Waals surface area contributed by atoms with Crippen molar-refractivity contribution in [2.24, 2.45) is 5.92 Å². The van der Waals surface area contributed by atoms with Crippen molar-refractivity contribution >= 4 is 16.5 Å². The van der Waals surface area contributed by atoms with Crippen LogP contribution in [0.1, 0.15) is 42.0 Å². The molecule has 1 saturated heterocycles. The molecule has 36 heavy (non-hydrogen) atoms. The van der Waals surface area contributed by atoms with Crippen LogP contribution in [-0.2, 0) is 6.54 Å². The summed E-state index contributed by atoms with van der Waals surface area (Å²) >= 11 is 0. The molecule has 1 fully saturated rings. The van der Waals surface area contributed by atoms with Gasteiger partial charge in [0.2, 0.25) is 0 Å². The van der Waals surface area contributed by atoms with Gasteiger partial charge in [0.1, 0.15) is 0 Å². The topological polar surface area (TPSA) is 18.5 Å². The van der Waals surface area contributed by atoms with E-state index < -0.39 is 0 Å². The molecule has 0 aromatic heterocycles. The van der Waals surface area contributed by atoms with Crippen molar-refractivity contribution in [3.05, 3.63) is 114 Å². The van der Waals surface area contributed by atoms with Crippen LogP contribution < -0.4 is 10.2 Å². The van der Waals surface area contributed by atoms with Gasteiger partial charge in [-0.25, -0.2) is 0 Å². The molecule has 4 aromatic rings. The van der Waals surface area contributed by atoms with E-state index >= 15 is 0 Å². The normalized spacial score (nSPS) is 19.3. The maximum Gasteiger partial charge on any atom is 0.0361 e. The molecule has 0 bridgehead atoms. The molecular weight excluding hydrogens is 438 g/mol. The average molecular weight is 478 g/mol. The zero-order chi connectivity index (χ0) is 24.9. The monoisotopic (exact) mass is 477 g/mol. The largest absolute Gasteiger partial charge is 0.378 e. The van der Waals surface area contributed by atoms with Gasteiger partial charge in [-0.15, -0.1) is 0 Å². The number of nitrogens with one attached hydrogen (secondary N) is 1. The molecule has 1 aliphatic rings. The first-order chi connectivity index (χ1) is 17.6. The molecule has 3 heteroatoms. The fourth-order valence-corrected chi connectivity index (χ4v) is 5.82. The van der Waals surface area contributed by atoms with E-state index in [9.17, 15) is 0 Å². The molecular formula is C33H39N3. The van der Waals surface area contributed by atoms with Crippen molar-refractivity contribution in [2.75, 3.05) is 38.6 Å². The number of fused-ring (bicyclic) bond motifs is 1. The standard InChI is InChI=1S/C33H39N3/c1-25(31-15-9-13-28-12-7-8-14-33(28)31)34-22-29-24-36(21-20-32(29)27-10-5-4-6-11-27)23-26-16-18-30(19-17-26)35(2)3/h4-19,25,29,32,34H,20-24H2,1-3H3/t25-,29?,32?/m1/s1. The number of nitrogens with zero attached hydrogens (tertiary/aromatic N) is 2. The SMILES string of the molecule is C[C@@H](NCC1CN(Cc2ccc(N(C)C)cc2)CCC1c1ccccc1)c1cccc2ccccc12. The fraction of sp³-hybridized carbons (Fsp3) is 0.333. The van der Waals surface area contributed by atoms with Crippen molar-refractivity contribution in [2.45, 2.75) is 31.8 Å². The van der Waals surface area contributed by atoms with Crippen molar-refractivity contribution in [1.82, 2.24) is 10.2 Å². The van der Waals surface area contributed by atoms with E-state index in [1.807, 2.05) is 0 Å². The molecule has 3 atom stereocenters. The van der Waals surface area contributed by atoms with E-state index in [1.54, 1.807) is 0 Å². The Labute approximate surface area is 216 Å². The van der Waals surface area contributed by atoms with Crippen molar-refractivity contribution < 1.29 is 0 Å². The maximum absolute atomic E-state index is 3.93. The van der Waals surface area contributed by atoms with E-state index in [0.717, 1.165) is 26.2 Å². The Kier molecular flexibility index (Phi) is 7.69. The maximum atomic E-state index is 3.93. The lowest BCUT2D eigenvalue weighted by molar-refractivity contribution is 0.143. The molecule has 2 unspecified atom stereocenters. The minimum absolute atomic E-state index is 0.307. The molecule has 1 aliphatic heterocycles. The fourth-order valence-electron chi connectivity index (χ4n) is 5.82. The first-order valence-electron chi connectivity index (χ1n) is 13.3. The molecule has 1 N–H and O–H groups in total. The van der Waals surface area contributed by atoms with E-state index in [0.29, 0.717) is 17.9 Å². The smallest absolute Gasteiger partial charge is 0.0361 e. The molecule has 0 saturated carbocycles. The molecule has 1 heterocycles. The van der Waals surface area contributed by atoms with Crippen LogP contribution in [0.4, 0.5) is 5.69 Å². The summed E-state index contributed by atoms with van der Waals surface area (Å²) in [6, 6.07) is 35.9. The number of likely N-dealkylation sites (tertiary alicyclic amines) is 1. The summed E-state index contributed by atoms with van der Waals surface area (Å²) in [6.07, 6.45) is 1.20.